The summed E-state index contributed by atoms with van der Waals surface area (Å²) in [5, 5.41) is 5.53. The summed E-state index contributed by atoms with van der Waals surface area (Å²) in [6, 6.07) is 11.0. The Kier molecular flexibility index (Phi) is 5.89. The molecule has 0 radical (unpaired) electrons. The van der Waals surface area contributed by atoms with Crippen LogP contribution in [0.5, 0.6) is 0 Å². The first kappa shape index (κ1) is 19.7. The Morgan fingerprint density at radius 3 is 2.23 bits per heavy atom. The van der Waals surface area contributed by atoms with E-state index in [9.17, 15) is 18.0 Å². The minimum Gasteiger partial charge on any atom is -0.326 e. The number of carbonyl (C=O) groups is 2. The molecule has 9 heteroatoms. The zero-order valence-electron chi connectivity index (χ0n) is 14.4. The van der Waals surface area contributed by atoms with E-state index in [1.54, 1.807) is 24.3 Å². The van der Waals surface area contributed by atoms with Gasteiger partial charge in [0.25, 0.3) is 5.91 Å². The molecule has 2 amide bonds. The van der Waals surface area contributed by atoms with Crippen molar-refractivity contribution >= 4 is 50.5 Å². The van der Waals surface area contributed by atoms with Gasteiger partial charge in [0.1, 0.15) is 0 Å². The second kappa shape index (κ2) is 7.76. The Morgan fingerprint density at radius 1 is 1.04 bits per heavy atom. The number of rotatable bonds is 5. The third-order valence-corrected chi connectivity index (χ3v) is 5.00. The van der Waals surface area contributed by atoms with Gasteiger partial charge in [-0.2, -0.15) is 0 Å². The summed E-state index contributed by atoms with van der Waals surface area (Å²) in [6.45, 7) is 1.39. The van der Waals surface area contributed by atoms with Gasteiger partial charge in [-0.15, -0.1) is 0 Å². The van der Waals surface area contributed by atoms with E-state index < -0.39 is 15.9 Å². The molecule has 0 aliphatic rings. The number of sulfonamides is 1. The van der Waals surface area contributed by atoms with Crippen LogP contribution >= 0.6 is 11.6 Å². The van der Waals surface area contributed by atoms with Gasteiger partial charge in [-0.1, -0.05) is 17.7 Å². The molecular weight excluding hydrogens is 378 g/mol. The molecule has 26 heavy (non-hydrogen) atoms. The van der Waals surface area contributed by atoms with E-state index in [1.165, 1.54) is 32.2 Å². The van der Waals surface area contributed by atoms with E-state index in [4.69, 9.17) is 11.6 Å². The highest BCUT2D eigenvalue weighted by Gasteiger charge is 2.17. The van der Waals surface area contributed by atoms with Crippen LogP contribution in [0, 0.1) is 0 Å². The number of benzene rings is 2. The third-order valence-electron chi connectivity index (χ3n) is 3.49. The van der Waals surface area contributed by atoms with Gasteiger partial charge in [0.05, 0.1) is 17.0 Å². The topological polar surface area (TPSA) is 95.6 Å². The maximum atomic E-state index is 12.5. The van der Waals surface area contributed by atoms with Crippen molar-refractivity contribution in [3.8, 4) is 0 Å². The van der Waals surface area contributed by atoms with Gasteiger partial charge in [0.15, 0.2) is 0 Å². The quantitative estimate of drug-likeness (QED) is 0.813. The number of hydrogen-bond donors (Lipinski definition) is 2. The summed E-state index contributed by atoms with van der Waals surface area (Å²) >= 11 is 6.05. The van der Waals surface area contributed by atoms with Crippen molar-refractivity contribution in [2.45, 2.75) is 6.92 Å². The summed E-state index contributed by atoms with van der Waals surface area (Å²) in [5.41, 5.74) is 1.47. The van der Waals surface area contributed by atoms with Gasteiger partial charge in [0.2, 0.25) is 15.9 Å². The lowest BCUT2D eigenvalue weighted by atomic mass is 10.1. The summed E-state index contributed by atoms with van der Waals surface area (Å²) in [7, 11) is -2.16. The molecule has 0 bridgehead atoms. The molecule has 138 valence electrons. The smallest absolute Gasteiger partial charge is 0.255 e. The van der Waals surface area contributed by atoms with E-state index in [-0.39, 0.29) is 22.2 Å². The lowest BCUT2D eigenvalue weighted by molar-refractivity contribution is -0.114. The molecule has 0 aliphatic carbocycles. The molecule has 0 fully saturated rings. The van der Waals surface area contributed by atoms with Gasteiger partial charge in [-0.3, -0.25) is 13.9 Å². The molecule has 0 aromatic heterocycles. The fraction of sp³-hybridized carbons (Fsp3) is 0.176. The number of carbonyl (C=O) groups excluding carboxylic acids is 2. The Hall–Kier alpha value is -2.58. The third kappa shape index (κ3) is 4.96. The molecule has 0 aliphatic heterocycles. The van der Waals surface area contributed by atoms with E-state index in [0.717, 1.165) is 10.6 Å². The Bertz CT molecular complexity index is 960. The largest absolute Gasteiger partial charge is 0.326 e. The average molecular weight is 396 g/mol. The summed E-state index contributed by atoms with van der Waals surface area (Å²) in [4.78, 5) is 23.6. The standard InChI is InChI=1S/C17H18ClN3O4S/c1-11(22)19-13-5-4-6-14(10-13)20-17(23)12-7-8-15(18)16(9-12)21(2)26(3,24)25/h4-10H,1-3H3,(H,19,22)(H,20,23). The summed E-state index contributed by atoms with van der Waals surface area (Å²) < 4.78 is 24.4. The Morgan fingerprint density at radius 2 is 1.65 bits per heavy atom. The number of halogens is 1. The highest BCUT2D eigenvalue weighted by atomic mass is 35.5. The van der Waals surface area contributed by atoms with Crippen LogP contribution in [0.15, 0.2) is 42.5 Å². The highest BCUT2D eigenvalue weighted by molar-refractivity contribution is 7.92. The zero-order valence-corrected chi connectivity index (χ0v) is 16.0. The van der Waals surface area contributed by atoms with Gasteiger partial charge in [-0.25, -0.2) is 8.42 Å². The lowest BCUT2D eigenvalue weighted by Crippen LogP contribution is -2.25. The van der Waals surface area contributed by atoms with Crippen molar-refractivity contribution in [2.24, 2.45) is 0 Å². The van der Waals surface area contributed by atoms with Crippen LogP contribution in [-0.2, 0) is 14.8 Å². The maximum Gasteiger partial charge on any atom is 0.255 e. The number of nitrogens with zero attached hydrogens (tertiary/aromatic N) is 1. The van der Waals surface area contributed by atoms with E-state index in [1.807, 2.05) is 0 Å². The number of anilines is 3. The van der Waals surface area contributed by atoms with Crippen LogP contribution in [0.25, 0.3) is 0 Å². The van der Waals surface area contributed by atoms with E-state index in [2.05, 4.69) is 10.6 Å². The first-order valence-electron chi connectivity index (χ1n) is 7.50. The predicted molar refractivity (Wildman–Crippen MR) is 103 cm³/mol. The van der Waals surface area contributed by atoms with Crippen LogP contribution in [-0.4, -0.2) is 33.5 Å². The Balaban J connectivity index is 2.27. The van der Waals surface area contributed by atoms with Crippen molar-refractivity contribution in [1.29, 1.82) is 0 Å². The fourth-order valence-corrected chi connectivity index (χ4v) is 2.96. The molecule has 2 N–H and O–H groups in total. The first-order valence-corrected chi connectivity index (χ1v) is 9.73. The lowest BCUT2D eigenvalue weighted by Gasteiger charge is -2.19. The number of hydrogen-bond acceptors (Lipinski definition) is 4. The molecule has 2 aromatic rings. The van der Waals surface area contributed by atoms with Crippen molar-refractivity contribution in [3.05, 3.63) is 53.1 Å². The number of amides is 2. The summed E-state index contributed by atoms with van der Waals surface area (Å²) in [5.74, 6) is -0.663. The van der Waals surface area contributed by atoms with Crippen LogP contribution in [0.4, 0.5) is 17.1 Å². The fourth-order valence-electron chi connectivity index (χ4n) is 2.16. The average Bonchev–Trinajstić information content (AvgIpc) is 2.53. The van der Waals surface area contributed by atoms with Crippen LogP contribution in [0.1, 0.15) is 17.3 Å². The van der Waals surface area contributed by atoms with E-state index in [0.29, 0.717) is 11.4 Å². The molecule has 0 unspecified atom stereocenters. The molecular formula is C17H18ClN3O4S. The first-order chi connectivity index (χ1) is 12.1. The molecule has 7 nitrogen and oxygen atoms in total. The second-order valence-corrected chi connectivity index (χ2v) is 8.03. The normalized spacial score (nSPS) is 10.9. The molecule has 0 saturated heterocycles. The van der Waals surface area contributed by atoms with Crippen molar-refractivity contribution in [2.75, 3.05) is 28.2 Å². The predicted octanol–water partition coefficient (Wildman–Crippen LogP) is 2.95. The van der Waals surface area contributed by atoms with Crippen molar-refractivity contribution in [3.63, 3.8) is 0 Å². The summed E-state index contributed by atoms with van der Waals surface area (Å²) in [6.07, 6.45) is 1.05. The SMILES string of the molecule is CC(=O)Nc1cccc(NC(=O)c2ccc(Cl)c(N(C)S(C)(=O)=O)c2)c1. The molecule has 0 spiro atoms. The minimum atomic E-state index is -3.52. The van der Waals surface area contributed by atoms with Gasteiger partial charge in [0, 0.05) is 30.9 Å². The molecule has 0 saturated carbocycles. The molecule has 2 aromatic carbocycles. The van der Waals surface area contributed by atoms with Crippen LogP contribution in [0.3, 0.4) is 0 Å². The monoisotopic (exact) mass is 395 g/mol. The Labute approximate surface area is 157 Å². The van der Waals surface area contributed by atoms with Crippen LogP contribution < -0.4 is 14.9 Å². The van der Waals surface area contributed by atoms with Crippen molar-refractivity contribution in [1.82, 2.24) is 0 Å². The van der Waals surface area contributed by atoms with Gasteiger partial charge < -0.3 is 10.6 Å². The molecule has 2 rings (SSSR count). The zero-order chi connectivity index (χ0) is 19.5. The van der Waals surface area contributed by atoms with Crippen LogP contribution in [0.2, 0.25) is 5.02 Å². The molecule has 0 atom stereocenters. The second-order valence-electron chi connectivity index (χ2n) is 5.61. The highest BCUT2D eigenvalue weighted by Crippen LogP contribution is 2.28. The molecule has 0 heterocycles. The van der Waals surface area contributed by atoms with Gasteiger partial charge >= 0.3 is 0 Å². The minimum absolute atomic E-state index is 0.203. The van der Waals surface area contributed by atoms with Gasteiger partial charge in [-0.05, 0) is 36.4 Å². The van der Waals surface area contributed by atoms with E-state index >= 15 is 0 Å². The maximum absolute atomic E-state index is 12.5. The number of nitrogens with one attached hydrogen (secondary N) is 2. The van der Waals surface area contributed by atoms with Crippen molar-refractivity contribution < 1.29 is 18.0 Å².